The second-order valence-electron chi connectivity index (χ2n) is 7.84. The number of nitrogens with zero attached hydrogens (tertiary/aromatic N) is 2. The molecule has 2 heterocycles. The van der Waals surface area contributed by atoms with Crippen LogP contribution in [0.1, 0.15) is 31.7 Å². The van der Waals surface area contributed by atoms with Crippen LogP contribution in [0.3, 0.4) is 0 Å². The van der Waals surface area contributed by atoms with Gasteiger partial charge in [-0.25, -0.2) is 4.68 Å². The van der Waals surface area contributed by atoms with Gasteiger partial charge < -0.3 is 10.6 Å². The standard InChI is InChI=1S/C25H28N4O/c1-3-4-9-19-10-8-11-20(15-19)23-16-24(27-25(30)21-14-18(2)26-17-21)28-29(23)22-12-6-5-7-13-22/h5-8,10-13,15-16,21,26H,2-4,9,14,17H2,1H3,(H,27,28,30)/t21-/m1/s1. The Morgan fingerprint density at radius 1 is 1.20 bits per heavy atom. The first-order valence-corrected chi connectivity index (χ1v) is 10.6. The summed E-state index contributed by atoms with van der Waals surface area (Å²) < 4.78 is 1.90. The third-order valence-corrected chi connectivity index (χ3v) is 5.47. The minimum atomic E-state index is -0.111. The van der Waals surface area contributed by atoms with Crippen LogP contribution in [0, 0.1) is 5.92 Å². The van der Waals surface area contributed by atoms with E-state index in [1.54, 1.807) is 0 Å². The highest BCUT2D eigenvalue weighted by molar-refractivity contribution is 5.93. The van der Waals surface area contributed by atoms with Gasteiger partial charge in [-0.2, -0.15) is 0 Å². The molecule has 1 aliphatic rings. The highest BCUT2D eigenvalue weighted by Crippen LogP contribution is 2.28. The fraction of sp³-hybridized carbons (Fsp3) is 0.280. The molecule has 0 bridgehead atoms. The number of amides is 1. The SMILES string of the molecule is C=C1C[C@@H](C(=O)Nc2cc(-c3cccc(CCCC)c3)n(-c3ccccc3)n2)CN1. The summed E-state index contributed by atoms with van der Waals surface area (Å²) in [6.45, 7) is 6.74. The van der Waals surface area contributed by atoms with Crippen molar-refractivity contribution in [3.8, 4) is 16.9 Å². The van der Waals surface area contributed by atoms with E-state index in [0.29, 0.717) is 18.8 Å². The molecule has 2 N–H and O–H groups in total. The molecular weight excluding hydrogens is 372 g/mol. The summed E-state index contributed by atoms with van der Waals surface area (Å²) in [7, 11) is 0. The third kappa shape index (κ3) is 4.46. The van der Waals surface area contributed by atoms with Gasteiger partial charge in [-0.3, -0.25) is 4.79 Å². The van der Waals surface area contributed by atoms with Gasteiger partial charge >= 0.3 is 0 Å². The number of unbranched alkanes of at least 4 members (excludes halogenated alkanes) is 1. The first-order valence-electron chi connectivity index (χ1n) is 10.6. The third-order valence-electron chi connectivity index (χ3n) is 5.47. The van der Waals surface area contributed by atoms with Crippen LogP contribution >= 0.6 is 0 Å². The van der Waals surface area contributed by atoms with E-state index >= 15 is 0 Å². The van der Waals surface area contributed by atoms with E-state index in [0.717, 1.165) is 29.1 Å². The van der Waals surface area contributed by atoms with Crippen molar-refractivity contribution in [2.24, 2.45) is 5.92 Å². The number of carbonyl (C=O) groups excluding carboxylic acids is 1. The summed E-state index contributed by atoms with van der Waals surface area (Å²) in [5, 5.41) is 10.9. The molecule has 1 saturated heterocycles. The Labute approximate surface area is 177 Å². The number of rotatable bonds is 7. The van der Waals surface area contributed by atoms with Crippen LogP contribution in [0.4, 0.5) is 5.82 Å². The van der Waals surface area contributed by atoms with Gasteiger partial charge in [-0.05, 0) is 43.0 Å². The van der Waals surface area contributed by atoms with Crippen LogP contribution in [0.5, 0.6) is 0 Å². The number of para-hydroxylation sites is 1. The van der Waals surface area contributed by atoms with E-state index in [9.17, 15) is 4.79 Å². The van der Waals surface area contributed by atoms with Gasteiger partial charge in [0, 0.05) is 23.9 Å². The smallest absolute Gasteiger partial charge is 0.230 e. The van der Waals surface area contributed by atoms with Gasteiger partial charge in [-0.1, -0.05) is 56.3 Å². The summed E-state index contributed by atoms with van der Waals surface area (Å²) in [6.07, 6.45) is 4.07. The highest BCUT2D eigenvalue weighted by atomic mass is 16.2. The van der Waals surface area contributed by atoms with Crippen LogP contribution in [-0.2, 0) is 11.2 Å². The van der Waals surface area contributed by atoms with Gasteiger partial charge in [0.25, 0.3) is 0 Å². The number of hydrogen-bond acceptors (Lipinski definition) is 3. The van der Waals surface area contributed by atoms with E-state index in [4.69, 9.17) is 5.10 Å². The minimum absolute atomic E-state index is 0.0258. The summed E-state index contributed by atoms with van der Waals surface area (Å²) in [5.74, 6) is 0.428. The molecule has 30 heavy (non-hydrogen) atoms. The molecular formula is C25H28N4O. The summed E-state index contributed by atoms with van der Waals surface area (Å²) in [6, 6.07) is 20.6. The summed E-state index contributed by atoms with van der Waals surface area (Å²) in [5.41, 5.74) is 5.24. The molecule has 0 radical (unpaired) electrons. The number of anilines is 1. The van der Waals surface area contributed by atoms with E-state index in [2.05, 4.69) is 48.4 Å². The molecule has 1 aromatic heterocycles. The van der Waals surface area contributed by atoms with Crippen molar-refractivity contribution in [2.75, 3.05) is 11.9 Å². The molecule has 1 amide bonds. The first kappa shape index (κ1) is 20.0. The summed E-state index contributed by atoms with van der Waals surface area (Å²) >= 11 is 0. The Bertz CT molecular complexity index is 1040. The number of hydrogen-bond donors (Lipinski definition) is 2. The molecule has 0 spiro atoms. The molecule has 0 unspecified atom stereocenters. The molecule has 5 heteroatoms. The predicted molar refractivity (Wildman–Crippen MR) is 121 cm³/mol. The van der Waals surface area contributed by atoms with E-state index in [-0.39, 0.29) is 11.8 Å². The fourth-order valence-electron chi connectivity index (χ4n) is 3.80. The fourth-order valence-corrected chi connectivity index (χ4v) is 3.80. The Morgan fingerprint density at radius 2 is 2.03 bits per heavy atom. The molecule has 4 rings (SSSR count). The lowest BCUT2D eigenvalue weighted by Gasteiger charge is -2.09. The van der Waals surface area contributed by atoms with Crippen molar-refractivity contribution in [3.63, 3.8) is 0 Å². The Morgan fingerprint density at radius 3 is 2.77 bits per heavy atom. The molecule has 1 fully saturated rings. The Hall–Kier alpha value is -3.34. The molecule has 2 aromatic carbocycles. The van der Waals surface area contributed by atoms with Gasteiger partial charge in [0.15, 0.2) is 5.82 Å². The molecule has 0 aliphatic carbocycles. The van der Waals surface area contributed by atoms with Crippen LogP contribution in [-0.4, -0.2) is 22.2 Å². The summed E-state index contributed by atoms with van der Waals surface area (Å²) in [4.78, 5) is 12.7. The molecule has 5 nitrogen and oxygen atoms in total. The molecule has 1 atom stereocenters. The zero-order valence-electron chi connectivity index (χ0n) is 17.4. The largest absolute Gasteiger partial charge is 0.388 e. The lowest BCUT2D eigenvalue weighted by molar-refractivity contribution is -0.119. The van der Waals surface area contributed by atoms with Crippen molar-refractivity contribution >= 4 is 11.7 Å². The Balaban J connectivity index is 1.67. The normalized spacial score (nSPS) is 15.8. The first-order chi connectivity index (χ1) is 14.6. The quantitative estimate of drug-likeness (QED) is 0.590. The maximum absolute atomic E-state index is 12.7. The van der Waals surface area contributed by atoms with Crippen LogP contribution in [0.15, 0.2) is 72.9 Å². The average Bonchev–Trinajstić information content (AvgIpc) is 3.39. The van der Waals surface area contributed by atoms with Crippen molar-refractivity contribution in [1.29, 1.82) is 0 Å². The maximum Gasteiger partial charge on any atom is 0.230 e. The minimum Gasteiger partial charge on any atom is -0.388 e. The molecule has 3 aromatic rings. The number of carbonyl (C=O) groups is 1. The zero-order chi connectivity index (χ0) is 20.9. The number of nitrogens with one attached hydrogen (secondary N) is 2. The van der Waals surface area contributed by atoms with E-state index < -0.39 is 0 Å². The van der Waals surface area contributed by atoms with Gasteiger partial charge in [0.05, 0.1) is 17.3 Å². The van der Waals surface area contributed by atoms with Gasteiger partial charge in [0.2, 0.25) is 5.91 Å². The van der Waals surface area contributed by atoms with Crippen molar-refractivity contribution in [2.45, 2.75) is 32.6 Å². The topological polar surface area (TPSA) is 59.0 Å². The predicted octanol–water partition coefficient (Wildman–Crippen LogP) is 4.94. The lowest BCUT2D eigenvalue weighted by Crippen LogP contribution is -2.24. The van der Waals surface area contributed by atoms with Crippen LogP contribution in [0.25, 0.3) is 16.9 Å². The lowest BCUT2D eigenvalue weighted by atomic mass is 10.0. The van der Waals surface area contributed by atoms with Crippen LogP contribution in [0.2, 0.25) is 0 Å². The monoisotopic (exact) mass is 400 g/mol. The van der Waals surface area contributed by atoms with E-state index in [1.807, 2.05) is 41.1 Å². The van der Waals surface area contributed by atoms with Gasteiger partial charge in [-0.15, -0.1) is 5.10 Å². The Kier molecular flexibility index (Phi) is 5.98. The van der Waals surface area contributed by atoms with Crippen molar-refractivity contribution in [1.82, 2.24) is 15.1 Å². The number of benzene rings is 2. The zero-order valence-corrected chi connectivity index (χ0v) is 17.4. The number of aryl methyl sites for hydroxylation is 1. The van der Waals surface area contributed by atoms with E-state index in [1.165, 1.54) is 18.4 Å². The van der Waals surface area contributed by atoms with Crippen molar-refractivity contribution in [3.05, 3.63) is 78.5 Å². The van der Waals surface area contributed by atoms with Gasteiger partial charge in [0.1, 0.15) is 0 Å². The van der Waals surface area contributed by atoms with Crippen molar-refractivity contribution < 1.29 is 4.79 Å². The highest BCUT2D eigenvalue weighted by Gasteiger charge is 2.25. The number of allylic oxidation sites excluding steroid dienone is 1. The molecule has 154 valence electrons. The average molecular weight is 401 g/mol. The molecule has 1 aliphatic heterocycles. The second kappa shape index (κ2) is 8.99. The van der Waals surface area contributed by atoms with Crippen LogP contribution < -0.4 is 10.6 Å². The molecule has 0 saturated carbocycles. The number of aromatic nitrogens is 2. The second-order valence-corrected chi connectivity index (χ2v) is 7.84. The maximum atomic E-state index is 12.7.